The molecule has 3 N–H and O–H groups in total. The molecular weight excluding hydrogens is 180 g/mol. The van der Waals surface area contributed by atoms with Gasteiger partial charge in [-0.15, -0.1) is 0 Å². The van der Waals surface area contributed by atoms with E-state index in [4.69, 9.17) is 5.11 Å². The number of carbonyl (C=O) groups is 1. The van der Waals surface area contributed by atoms with E-state index in [1.807, 2.05) is 27.7 Å². The van der Waals surface area contributed by atoms with Crippen LogP contribution in [0.2, 0.25) is 0 Å². The fourth-order valence-corrected chi connectivity index (χ4v) is 0.959. The zero-order chi connectivity index (χ0) is 11.2. The molecule has 0 aromatic carbocycles. The summed E-state index contributed by atoms with van der Waals surface area (Å²) in [5, 5.41) is 14.6. The standard InChI is InChI=1S/C10H22N2O2/c1-8(7-13)5-11-6-9(14)12-10(2,3)4/h8,11,13H,5-7H2,1-4H3,(H,12,14). The second-order valence-electron chi connectivity index (χ2n) is 4.72. The molecule has 0 spiro atoms. The normalized spacial score (nSPS) is 13.8. The first-order chi connectivity index (χ1) is 6.35. The highest BCUT2D eigenvalue weighted by atomic mass is 16.3. The first-order valence-electron chi connectivity index (χ1n) is 4.97. The molecule has 0 rings (SSSR count). The summed E-state index contributed by atoms with van der Waals surface area (Å²) in [7, 11) is 0. The van der Waals surface area contributed by atoms with Crippen LogP contribution in [0.25, 0.3) is 0 Å². The highest BCUT2D eigenvalue weighted by Crippen LogP contribution is 1.97. The average molecular weight is 202 g/mol. The molecule has 0 aliphatic heterocycles. The lowest BCUT2D eigenvalue weighted by atomic mass is 10.1. The minimum atomic E-state index is -0.179. The fraction of sp³-hybridized carbons (Fsp3) is 0.900. The summed E-state index contributed by atoms with van der Waals surface area (Å²) in [5.74, 6) is 0.181. The Kier molecular flexibility index (Phi) is 5.72. The van der Waals surface area contributed by atoms with Gasteiger partial charge in [0, 0.05) is 18.7 Å². The van der Waals surface area contributed by atoms with Crippen LogP contribution in [-0.2, 0) is 4.79 Å². The molecule has 1 unspecified atom stereocenters. The minimum Gasteiger partial charge on any atom is -0.396 e. The summed E-state index contributed by atoms with van der Waals surface area (Å²) in [6.07, 6.45) is 0. The topological polar surface area (TPSA) is 61.4 Å². The van der Waals surface area contributed by atoms with E-state index in [-0.39, 0.29) is 24.0 Å². The van der Waals surface area contributed by atoms with Crippen molar-refractivity contribution in [1.82, 2.24) is 10.6 Å². The van der Waals surface area contributed by atoms with Gasteiger partial charge in [-0.3, -0.25) is 4.79 Å². The van der Waals surface area contributed by atoms with Crippen LogP contribution in [-0.4, -0.2) is 36.2 Å². The van der Waals surface area contributed by atoms with Gasteiger partial charge in [0.15, 0.2) is 0 Å². The molecule has 0 aliphatic rings. The molecule has 0 aliphatic carbocycles. The van der Waals surface area contributed by atoms with E-state index in [9.17, 15) is 4.79 Å². The molecule has 14 heavy (non-hydrogen) atoms. The molecule has 0 aromatic heterocycles. The van der Waals surface area contributed by atoms with E-state index in [2.05, 4.69) is 10.6 Å². The molecule has 0 fully saturated rings. The van der Waals surface area contributed by atoms with Crippen LogP contribution in [0.15, 0.2) is 0 Å². The largest absolute Gasteiger partial charge is 0.396 e. The van der Waals surface area contributed by atoms with Crippen LogP contribution < -0.4 is 10.6 Å². The lowest BCUT2D eigenvalue weighted by molar-refractivity contribution is -0.121. The van der Waals surface area contributed by atoms with Crippen LogP contribution in [0.4, 0.5) is 0 Å². The molecule has 0 saturated heterocycles. The minimum absolute atomic E-state index is 0.0114. The number of carbonyl (C=O) groups excluding carboxylic acids is 1. The number of rotatable bonds is 5. The van der Waals surface area contributed by atoms with Crippen molar-refractivity contribution < 1.29 is 9.90 Å². The van der Waals surface area contributed by atoms with Crippen LogP contribution >= 0.6 is 0 Å². The molecule has 0 aromatic rings. The first kappa shape index (κ1) is 13.4. The molecular formula is C10H22N2O2. The van der Waals surface area contributed by atoms with Gasteiger partial charge in [0.25, 0.3) is 0 Å². The Morgan fingerprint density at radius 3 is 2.43 bits per heavy atom. The maximum absolute atomic E-state index is 11.3. The molecule has 4 heteroatoms. The molecule has 4 nitrogen and oxygen atoms in total. The van der Waals surface area contributed by atoms with E-state index in [1.54, 1.807) is 0 Å². The molecule has 0 heterocycles. The number of amides is 1. The Balaban J connectivity index is 3.55. The second-order valence-corrected chi connectivity index (χ2v) is 4.72. The third-order valence-electron chi connectivity index (χ3n) is 1.60. The summed E-state index contributed by atoms with van der Waals surface area (Å²) in [5.41, 5.74) is -0.179. The third-order valence-corrected chi connectivity index (χ3v) is 1.60. The summed E-state index contributed by atoms with van der Waals surface area (Å²) < 4.78 is 0. The molecule has 1 atom stereocenters. The lowest BCUT2D eigenvalue weighted by Gasteiger charge is -2.20. The molecule has 0 radical (unpaired) electrons. The molecule has 1 amide bonds. The van der Waals surface area contributed by atoms with Gasteiger partial charge >= 0.3 is 0 Å². The summed E-state index contributed by atoms with van der Waals surface area (Å²) in [4.78, 5) is 11.3. The van der Waals surface area contributed by atoms with Crippen LogP contribution in [0.5, 0.6) is 0 Å². The summed E-state index contributed by atoms with van der Waals surface area (Å²) in [6.45, 7) is 8.88. The fourth-order valence-electron chi connectivity index (χ4n) is 0.959. The van der Waals surface area contributed by atoms with E-state index >= 15 is 0 Å². The predicted octanol–water partition coefficient (Wildman–Crippen LogP) is 0.119. The smallest absolute Gasteiger partial charge is 0.234 e. The van der Waals surface area contributed by atoms with Crippen LogP contribution in [0.3, 0.4) is 0 Å². The highest BCUT2D eigenvalue weighted by Gasteiger charge is 2.13. The first-order valence-corrected chi connectivity index (χ1v) is 4.97. The van der Waals surface area contributed by atoms with Crippen molar-refractivity contribution in [2.45, 2.75) is 33.2 Å². The van der Waals surface area contributed by atoms with Crippen molar-refractivity contribution in [3.05, 3.63) is 0 Å². The zero-order valence-electron chi connectivity index (χ0n) is 9.55. The SMILES string of the molecule is CC(CO)CNCC(=O)NC(C)(C)C. The van der Waals surface area contributed by atoms with Gasteiger partial charge < -0.3 is 15.7 Å². The van der Waals surface area contributed by atoms with Gasteiger partial charge in [-0.1, -0.05) is 6.92 Å². The Labute approximate surface area is 86.1 Å². The Morgan fingerprint density at radius 2 is 2.00 bits per heavy atom. The maximum Gasteiger partial charge on any atom is 0.234 e. The monoisotopic (exact) mass is 202 g/mol. The molecule has 84 valence electrons. The number of hydrogen-bond acceptors (Lipinski definition) is 3. The van der Waals surface area contributed by atoms with E-state index in [1.165, 1.54) is 0 Å². The number of aliphatic hydroxyl groups is 1. The van der Waals surface area contributed by atoms with E-state index < -0.39 is 0 Å². The Morgan fingerprint density at radius 1 is 1.43 bits per heavy atom. The number of nitrogens with one attached hydrogen (secondary N) is 2. The second kappa shape index (κ2) is 5.98. The molecule has 0 bridgehead atoms. The third kappa shape index (κ3) is 8.01. The lowest BCUT2D eigenvalue weighted by Crippen LogP contribution is -2.45. The van der Waals surface area contributed by atoms with Crippen molar-refractivity contribution >= 4 is 5.91 Å². The van der Waals surface area contributed by atoms with Crippen molar-refractivity contribution in [3.63, 3.8) is 0 Å². The van der Waals surface area contributed by atoms with E-state index in [0.29, 0.717) is 13.1 Å². The van der Waals surface area contributed by atoms with E-state index in [0.717, 1.165) is 0 Å². The summed E-state index contributed by atoms with van der Waals surface area (Å²) >= 11 is 0. The van der Waals surface area contributed by atoms with Crippen LogP contribution in [0.1, 0.15) is 27.7 Å². The predicted molar refractivity (Wildman–Crippen MR) is 57.0 cm³/mol. The quantitative estimate of drug-likeness (QED) is 0.593. The van der Waals surface area contributed by atoms with Crippen LogP contribution in [0, 0.1) is 5.92 Å². The van der Waals surface area contributed by atoms with Crippen molar-refractivity contribution in [1.29, 1.82) is 0 Å². The highest BCUT2D eigenvalue weighted by molar-refractivity contribution is 5.78. The van der Waals surface area contributed by atoms with Gasteiger partial charge in [0.1, 0.15) is 0 Å². The van der Waals surface area contributed by atoms with Crippen molar-refractivity contribution in [3.8, 4) is 0 Å². The van der Waals surface area contributed by atoms with Crippen molar-refractivity contribution in [2.24, 2.45) is 5.92 Å². The Hall–Kier alpha value is -0.610. The summed E-state index contributed by atoms with van der Waals surface area (Å²) in [6, 6.07) is 0. The molecule has 0 saturated carbocycles. The maximum atomic E-state index is 11.3. The average Bonchev–Trinajstić information content (AvgIpc) is 2.00. The van der Waals surface area contributed by atoms with Gasteiger partial charge in [-0.2, -0.15) is 0 Å². The Bertz CT molecular complexity index is 175. The van der Waals surface area contributed by atoms with Gasteiger partial charge in [0.05, 0.1) is 6.54 Å². The zero-order valence-corrected chi connectivity index (χ0v) is 9.55. The van der Waals surface area contributed by atoms with Crippen molar-refractivity contribution in [2.75, 3.05) is 19.7 Å². The van der Waals surface area contributed by atoms with Gasteiger partial charge in [0.2, 0.25) is 5.91 Å². The number of hydrogen-bond donors (Lipinski definition) is 3. The van der Waals surface area contributed by atoms with Gasteiger partial charge in [-0.25, -0.2) is 0 Å². The van der Waals surface area contributed by atoms with Gasteiger partial charge in [-0.05, 0) is 26.7 Å². The number of aliphatic hydroxyl groups excluding tert-OH is 1.